The van der Waals surface area contributed by atoms with E-state index in [9.17, 15) is 4.79 Å². The van der Waals surface area contributed by atoms with E-state index >= 15 is 0 Å². The van der Waals surface area contributed by atoms with Crippen LogP contribution < -0.4 is 10.6 Å². The van der Waals surface area contributed by atoms with E-state index in [-0.39, 0.29) is 6.03 Å². The number of benzene rings is 1. The molecule has 1 aromatic heterocycles. The summed E-state index contributed by atoms with van der Waals surface area (Å²) in [4.78, 5) is 16.8. The van der Waals surface area contributed by atoms with E-state index in [0.717, 1.165) is 31.7 Å². The van der Waals surface area contributed by atoms with Crippen molar-refractivity contribution in [3.8, 4) is 0 Å². The highest BCUT2D eigenvalue weighted by molar-refractivity contribution is 5.88. The van der Waals surface area contributed by atoms with E-state index in [1.54, 1.807) is 13.0 Å². The first-order valence-corrected chi connectivity index (χ1v) is 9.05. The molecule has 2 N–H and O–H groups in total. The van der Waals surface area contributed by atoms with Crippen LogP contribution in [-0.2, 0) is 13.1 Å². The predicted molar refractivity (Wildman–Crippen MR) is 101 cm³/mol. The first-order valence-electron chi connectivity index (χ1n) is 9.05. The lowest BCUT2D eigenvalue weighted by Gasteiger charge is -2.20. The topological polar surface area (TPSA) is 73.6 Å². The van der Waals surface area contributed by atoms with Gasteiger partial charge in [0.15, 0.2) is 5.82 Å². The zero-order chi connectivity index (χ0) is 18.4. The molecule has 3 rings (SSSR count). The number of urea groups is 1. The fraction of sp³-hybridized carbons (Fsp3) is 0.474. The van der Waals surface area contributed by atoms with Gasteiger partial charge < -0.3 is 14.7 Å². The standard InChI is InChI=1S/C19H27N5O2/c1-15-12-18(22-26-15)21-19(25)20-13-16-4-6-17(7-5-16)14-24-9-3-8-23(2)10-11-24/h4-7,12H,3,8-11,13-14H2,1-2H3,(H2,20,21,22,25). The Morgan fingerprint density at radius 1 is 1.15 bits per heavy atom. The number of aromatic nitrogens is 1. The molecule has 0 unspecified atom stereocenters. The molecule has 0 saturated carbocycles. The van der Waals surface area contributed by atoms with E-state index in [4.69, 9.17) is 4.52 Å². The molecule has 7 heteroatoms. The largest absolute Gasteiger partial charge is 0.360 e. The molecule has 0 bridgehead atoms. The number of aryl methyl sites for hydroxylation is 1. The van der Waals surface area contributed by atoms with E-state index in [2.05, 4.69) is 56.9 Å². The zero-order valence-corrected chi connectivity index (χ0v) is 15.5. The number of anilines is 1. The van der Waals surface area contributed by atoms with Gasteiger partial charge in [0.05, 0.1) is 0 Å². The number of hydrogen-bond acceptors (Lipinski definition) is 5. The molecule has 7 nitrogen and oxygen atoms in total. The molecule has 26 heavy (non-hydrogen) atoms. The van der Waals surface area contributed by atoms with Crippen LogP contribution >= 0.6 is 0 Å². The molecule has 1 saturated heterocycles. The lowest BCUT2D eigenvalue weighted by molar-refractivity contribution is 0.251. The Morgan fingerprint density at radius 2 is 1.92 bits per heavy atom. The number of nitrogens with one attached hydrogen (secondary N) is 2. The molecule has 0 spiro atoms. The fourth-order valence-electron chi connectivity index (χ4n) is 3.05. The Labute approximate surface area is 154 Å². The van der Waals surface area contributed by atoms with Crippen LogP contribution in [0.2, 0.25) is 0 Å². The third-order valence-corrected chi connectivity index (χ3v) is 4.56. The zero-order valence-electron chi connectivity index (χ0n) is 15.5. The molecule has 1 aromatic carbocycles. The third-order valence-electron chi connectivity index (χ3n) is 4.56. The van der Waals surface area contributed by atoms with Gasteiger partial charge in [-0.3, -0.25) is 10.2 Å². The molecule has 1 aliphatic heterocycles. The third kappa shape index (κ3) is 5.57. The number of rotatable bonds is 5. The molecule has 2 heterocycles. The normalized spacial score (nSPS) is 16.2. The molecule has 2 aromatic rings. The maximum absolute atomic E-state index is 11.9. The first kappa shape index (κ1) is 18.4. The van der Waals surface area contributed by atoms with Crippen molar-refractivity contribution < 1.29 is 9.32 Å². The van der Waals surface area contributed by atoms with Gasteiger partial charge in [-0.15, -0.1) is 0 Å². The van der Waals surface area contributed by atoms with Crippen molar-refractivity contribution in [2.75, 3.05) is 38.5 Å². The summed E-state index contributed by atoms with van der Waals surface area (Å²) in [5.74, 6) is 1.07. The highest BCUT2D eigenvalue weighted by Crippen LogP contribution is 2.11. The Morgan fingerprint density at radius 3 is 2.65 bits per heavy atom. The first-order chi connectivity index (χ1) is 12.6. The van der Waals surface area contributed by atoms with Crippen LogP contribution in [0.5, 0.6) is 0 Å². The summed E-state index contributed by atoms with van der Waals surface area (Å²) in [7, 11) is 2.19. The fourth-order valence-corrected chi connectivity index (χ4v) is 3.05. The summed E-state index contributed by atoms with van der Waals surface area (Å²) in [5, 5.41) is 9.20. The van der Waals surface area contributed by atoms with Gasteiger partial charge in [-0.2, -0.15) is 0 Å². The maximum atomic E-state index is 11.9. The maximum Gasteiger partial charge on any atom is 0.320 e. The minimum absolute atomic E-state index is 0.295. The highest BCUT2D eigenvalue weighted by Gasteiger charge is 2.12. The van der Waals surface area contributed by atoms with Crippen LogP contribution in [0.15, 0.2) is 34.9 Å². The number of likely N-dealkylation sites (N-methyl/N-ethyl adjacent to an activating group) is 1. The number of hydrogen-bond donors (Lipinski definition) is 2. The summed E-state index contributed by atoms with van der Waals surface area (Å²) < 4.78 is 4.92. The van der Waals surface area contributed by atoms with Crippen molar-refractivity contribution in [2.45, 2.75) is 26.4 Å². The lowest BCUT2D eigenvalue weighted by atomic mass is 10.1. The molecular weight excluding hydrogens is 330 g/mol. The SMILES string of the molecule is Cc1cc(NC(=O)NCc2ccc(CN3CCCN(C)CC3)cc2)no1. The summed E-state index contributed by atoms with van der Waals surface area (Å²) in [6.45, 7) is 7.79. The van der Waals surface area contributed by atoms with Crippen LogP contribution in [-0.4, -0.2) is 54.2 Å². The van der Waals surface area contributed by atoms with E-state index < -0.39 is 0 Å². The van der Waals surface area contributed by atoms with E-state index in [0.29, 0.717) is 18.1 Å². The average Bonchev–Trinajstić information content (AvgIpc) is 2.92. The van der Waals surface area contributed by atoms with Gasteiger partial charge >= 0.3 is 6.03 Å². The van der Waals surface area contributed by atoms with Crippen molar-refractivity contribution >= 4 is 11.8 Å². The molecule has 0 radical (unpaired) electrons. The quantitative estimate of drug-likeness (QED) is 0.860. The van der Waals surface area contributed by atoms with Crippen molar-refractivity contribution in [3.63, 3.8) is 0 Å². The van der Waals surface area contributed by atoms with Crippen LogP contribution in [0.3, 0.4) is 0 Å². The smallest absolute Gasteiger partial charge is 0.320 e. The van der Waals surface area contributed by atoms with Crippen molar-refractivity contribution in [1.29, 1.82) is 0 Å². The molecule has 1 fully saturated rings. The van der Waals surface area contributed by atoms with Crippen LogP contribution in [0, 0.1) is 6.92 Å². The number of amides is 2. The molecule has 2 amide bonds. The van der Waals surface area contributed by atoms with Gasteiger partial charge in [0.25, 0.3) is 0 Å². The van der Waals surface area contributed by atoms with Crippen molar-refractivity contribution in [1.82, 2.24) is 20.3 Å². The Hall–Kier alpha value is -2.38. The van der Waals surface area contributed by atoms with E-state index in [1.165, 1.54) is 18.5 Å². The summed E-state index contributed by atoms with van der Waals surface area (Å²) in [6, 6.07) is 9.81. The number of carbonyl (C=O) groups excluding carboxylic acids is 1. The van der Waals surface area contributed by atoms with Crippen LogP contribution in [0.4, 0.5) is 10.6 Å². The Kier molecular flexibility index (Phi) is 6.25. The minimum atomic E-state index is -0.295. The minimum Gasteiger partial charge on any atom is -0.360 e. The Balaban J connectivity index is 1.44. The summed E-state index contributed by atoms with van der Waals surface area (Å²) in [6.07, 6.45) is 1.22. The molecule has 0 atom stereocenters. The molecular formula is C19H27N5O2. The predicted octanol–water partition coefficient (Wildman–Crippen LogP) is 2.44. The molecule has 0 aliphatic carbocycles. The second-order valence-electron chi connectivity index (χ2n) is 6.88. The average molecular weight is 357 g/mol. The van der Waals surface area contributed by atoms with Gasteiger partial charge in [-0.25, -0.2) is 4.79 Å². The van der Waals surface area contributed by atoms with Gasteiger partial charge in [-0.05, 0) is 44.6 Å². The van der Waals surface area contributed by atoms with Crippen molar-refractivity contribution in [3.05, 3.63) is 47.2 Å². The van der Waals surface area contributed by atoms with Crippen LogP contribution in [0.1, 0.15) is 23.3 Å². The van der Waals surface area contributed by atoms with Gasteiger partial charge in [0, 0.05) is 32.2 Å². The second kappa shape index (κ2) is 8.82. The number of nitrogens with zero attached hydrogens (tertiary/aromatic N) is 3. The van der Waals surface area contributed by atoms with Gasteiger partial charge in [-0.1, -0.05) is 29.4 Å². The van der Waals surface area contributed by atoms with Crippen LogP contribution in [0.25, 0.3) is 0 Å². The van der Waals surface area contributed by atoms with E-state index in [1.807, 2.05) is 0 Å². The summed E-state index contributed by atoms with van der Waals surface area (Å²) >= 11 is 0. The molecule has 1 aliphatic rings. The highest BCUT2D eigenvalue weighted by atomic mass is 16.5. The van der Waals surface area contributed by atoms with Gasteiger partial charge in [0.1, 0.15) is 5.76 Å². The summed E-state index contributed by atoms with van der Waals surface area (Å²) in [5.41, 5.74) is 2.37. The number of carbonyl (C=O) groups is 1. The monoisotopic (exact) mass is 357 g/mol. The second-order valence-corrected chi connectivity index (χ2v) is 6.88. The van der Waals surface area contributed by atoms with Crippen molar-refractivity contribution in [2.24, 2.45) is 0 Å². The van der Waals surface area contributed by atoms with Gasteiger partial charge in [0.2, 0.25) is 0 Å². The molecule has 140 valence electrons. The lowest BCUT2D eigenvalue weighted by Crippen LogP contribution is -2.29. The Bertz CT molecular complexity index is 713.